The number of hydrogen-bond acceptors (Lipinski definition) is 9. The second kappa shape index (κ2) is 15.3. The van der Waals surface area contributed by atoms with Gasteiger partial charge in [-0.1, -0.05) is 62.4 Å². The molecule has 6 atom stereocenters. The fourth-order valence-electron chi connectivity index (χ4n) is 5.75. The monoisotopic (exact) mass is 654 g/mol. The molecular weight excluding hydrogens is 612 g/mol. The maximum Gasteiger partial charge on any atom is 0.407 e. The van der Waals surface area contributed by atoms with Crippen molar-refractivity contribution in [2.24, 2.45) is 11.8 Å². The van der Waals surface area contributed by atoms with Gasteiger partial charge in [-0.3, -0.25) is 0 Å². The first-order valence-electron chi connectivity index (χ1n) is 15.4. The molecule has 0 spiro atoms. The number of amides is 1. The van der Waals surface area contributed by atoms with Gasteiger partial charge in [0.05, 0.1) is 43.3 Å². The molecule has 0 bridgehead atoms. The number of rotatable bonds is 14. The van der Waals surface area contributed by atoms with Gasteiger partial charge in [-0.2, -0.15) is 4.31 Å². The Morgan fingerprint density at radius 1 is 0.913 bits per heavy atom. The average Bonchev–Trinajstić information content (AvgIpc) is 3.64. The highest BCUT2D eigenvalue weighted by Gasteiger charge is 2.51. The lowest BCUT2D eigenvalue weighted by atomic mass is 10.00. The van der Waals surface area contributed by atoms with Crippen molar-refractivity contribution in [2.45, 2.75) is 55.8 Å². The molecule has 248 valence electrons. The molecule has 0 saturated carbocycles. The molecule has 2 saturated heterocycles. The SMILES string of the molecule is COc1ccc(S(=O)(=O)N(CC(C)C)C[C@@H](O)[C@H](Cc2ccccc2)NC(=O)O[C@H]2CO[C@H]3OC[C@@H](Oc4ccccc4)[C@H]32)cc1. The third-order valence-corrected chi connectivity index (χ3v) is 9.88. The van der Waals surface area contributed by atoms with Gasteiger partial charge in [-0.25, -0.2) is 13.2 Å². The van der Waals surface area contributed by atoms with E-state index in [9.17, 15) is 18.3 Å². The van der Waals surface area contributed by atoms with Crippen LogP contribution < -0.4 is 14.8 Å². The topological polar surface area (TPSA) is 133 Å². The Morgan fingerprint density at radius 3 is 2.17 bits per heavy atom. The second-order valence-corrected chi connectivity index (χ2v) is 13.9. The molecule has 1 amide bonds. The fourth-order valence-corrected chi connectivity index (χ4v) is 7.37. The normalized spacial score (nSPS) is 22.3. The van der Waals surface area contributed by atoms with Crippen LogP contribution in [-0.4, -0.2) is 88.0 Å². The first-order chi connectivity index (χ1) is 22.1. The Kier molecular flexibility index (Phi) is 11.2. The standard InChI is InChI=1S/C34H42N2O9S/c1-23(2)19-36(46(39,40)27-16-14-25(41-3)15-17-27)20-29(37)28(18-24-10-6-4-7-11-24)35-34(38)45-31-22-43-33-32(31)30(21-42-33)44-26-12-8-5-9-13-26/h4-17,23,28-33,37H,18-22H2,1-3H3,(H,35,38)/t28-,29+,30+,31-,32-,33+/m0/s1. The molecule has 11 nitrogen and oxygen atoms in total. The summed E-state index contributed by atoms with van der Waals surface area (Å²) in [5.74, 6) is 0.829. The predicted octanol–water partition coefficient (Wildman–Crippen LogP) is 3.86. The molecule has 46 heavy (non-hydrogen) atoms. The minimum Gasteiger partial charge on any atom is -0.497 e. The van der Waals surface area contributed by atoms with Gasteiger partial charge in [0.1, 0.15) is 23.7 Å². The van der Waals surface area contributed by atoms with Crippen molar-refractivity contribution < 1.29 is 42.0 Å². The molecular formula is C34H42N2O9S. The predicted molar refractivity (Wildman–Crippen MR) is 170 cm³/mol. The molecule has 2 aliphatic rings. The molecule has 2 heterocycles. The van der Waals surface area contributed by atoms with Gasteiger partial charge in [-0.15, -0.1) is 0 Å². The van der Waals surface area contributed by atoms with Crippen LogP contribution in [0.1, 0.15) is 19.4 Å². The van der Waals surface area contributed by atoms with E-state index in [-0.39, 0.29) is 55.6 Å². The zero-order chi connectivity index (χ0) is 32.7. The summed E-state index contributed by atoms with van der Waals surface area (Å²) in [6.45, 7) is 4.14. The van der Waals surface area contributed by atoms with Crippen molar-refractivity contribution in [3.05, 3.63) is 90.5 Å². The molecule has 2 N–H and O–H groups in total. The molecule has 3 aromatic rings. The van der Waals surface area contributed by atoms with E-state index in [4.69, 9.17) is 23.7 Å². The van der Waals surface area contributed by atoms with E-state index < -0.39 is 40.7 Å². The Morgan fingerprint density at radius 2 is 1.54 bits per heavy atom. The number of aliphatic hydroxyl groups excluding tert-OH is 1. The number of sulfonamides is 1. The number of aliphatic hydroxyl groups is 1. The molecule has 12 heteroatoms. The minimum absolute atomic E-state index is 0.0271. The highest BCUT2D eigenvalue weighted by atomic mass is 32.2. The smallest absolute Gasteiger partial charge is 0.407 e. The van der Waals surface area contributed by atoms with E-state index in [1.807, 2.05) is 74.5 Å². The number of nitrogens with one attached hydrogen (secondary N) is 1. The van der Waals surface area contributed by atoms with Crippen LogP contribution in [0.15, 0.2) is 89.8 Å². The summed E-state index contributed by atoms with van der Waals surface area (Å²) in [6, 6.07) is 23.9. The average molecular weight is 655 g/mol. The Bertz CT molecular complexity index is 1510. The van der Waals surface area contributed by atoms with Crippen molar-refractivity contribution in [1.29, 1.82) is 0 Å². The van der Waals surface area contributed by atoms with Crippen molar-refractivity contribution in [3.8, 4) is 11.5 Å². The van der Waals surface area contributed by atoms with E-state index in [0.717, 1.165) is 5.56 Å². The van der Waals surface area contributed by atoms with Crippen LogP contribution in [0.4, 0.5) is 4.79 Å². The number of carbonyl (C=O) groups excluding carboxylic acids is 1. The summed E-state index contributed by atoms with van der Waals surface area (Å²) in [4.78, 5) is 13.5. The molecule has 0 aliphatic carbocycles. The molecule has 0 unspecified atom stereocenters. The van der Waals surface area contributed by atoms with Gasteiger partial charge < -0.3 is 34.1 Å². The number of ether oxygens (including phenoxy) is 5. The van der Waals surface area contributed by atoms with Gasteiger partial charge in [0.15, 0.2) is 6.29 Å². The first kappa shape index (κ1) is 33.7. The number of para-hydroxylation sites is 1. The molecule has 5 rings (SSSR count). The highest BCUT2D eigenvalue weighted by Crippen LogP contribution is 2.36. The number of methoxy groups -OCH3 is 1. The zero-order valence-corrected chi connectivity index (χ0v) is 27.0. The van der Waals surface area contributed by atoms with Crippen molar-refractivity contribution in [1.82, 2.24) is 9.62 Å². The lowest BCUT2D eigenvalue weighted by Gasteiger charge is -2.31. The summed E-state index contributed by atoms with van der Waals surface area (Å²) in [5.41, 5.74) is 0.852. The fraction of sp³-hybridized carbons (Fsp3) is 0.441. The van der Waals surface area contributed by atoms with Crippen molar-refractivity contribution in [3.63, 3.8) is 0 Å². The van der Waals surface area contributed by atoms with Crippen molar-refractivity contribution in [2.75, 3.05) is 33.4 Å². The maximum atomic E-state index is 13.7. The summed E-state index contributed by atoms with van der Waals surface area (Å²) in [7, 11) is -2.48. The van der Waals surface area contributed by atoms with Gasteiger partial charge in [0.2, 0.25) is 10.0 Å². The van der Waals surface area contributed by atoms with Crippen LogP contribution in [0.2, 0.25) is 0 Å². The summed E-state index contributed by atoms with van der Waals surface area (Å²) in [5, 5.41) is 14.4. The van der Waals surface area contributed by atoms with Crippen LogP contribution in [0.3, 0.4) is 0 Å². The molecule has 2 fully saturated rings. The quantitative estimate of drug-likeness (QED) is 0.266. The van der Waals surface area contributed by atoms with E-state index in [1.54, 1.807) is 12.1 Å². The lowest BCUT2D eigenvalue weighted by molar-refractivity contribution is -0.0910. The first-order valence-corrected chi connectivity index (χ1v) is 16.9. The third kappa shape index (κ3) is 8.37. The highest BCUT2D eigenvalue weighted by molar-refractivity contribution is 7.89. The van der Waals surface area contributed by atoms with E-state index >= 15 is 0 Å². The van der Waals surface area contributed by atoms with Crippen molar-refractivity contribution >= 4 is 16.1 Å². The second-order valence-electron chi connectivity index (χ2n) is 11.9. The van der Waals surface area contributed by atoms with E-state index in [2.05, 4.69) is 5.32 Å². The van der Waals surface area contributed by atoms with Crippen LogP contribution in [0, 0.1) is 11.8 Å². The van der Waals surface area contributed by atoms with Gasteiger partial charge >= 0.3 is 6.09 Å². The van der Waals surface area contributed by atoms with Gasteiger partial charge in [0, 0.05) is 13.1 Å². The maximum absolute atomic E-state index is 13.7. The zero-order valence-electron chi connectivity index (χ0n) is 26.2. The number of fused-ring (bicyclic) bond motifs is 1. The van der Waals surface area contributed by atoms with E-state index in [0.29, 0.717) is 11.5 Å². The molecule has 2 aliphatic heterocycles. The Hall–Kier alpha value is -3.68. The number of hydrogen-bond donors (Lipinski definition) is 2. The molecule has 3 aromatic carbocycles. The Balaban J connectivity index is 1.30. The minimum atomic E-state index is -3.98. The summed E-state index contributed by atoms with van der Waals surface area (Å²) < 4.78 is 57.4. The molecule has 0 radical (unpaired) electrons. The lowest BCUT2D eigenvalue weighted by Crippen LogP contribution is -2.52. The van der Waals surface area contributed by atoms with Gasteiger partial charge in [0.25, 0.3) is 0 Å². The number of nitrogens with zero attached hydrogens (tertiary/aromatic N) is 1. The van der Waals surface area contributed by atoms with Crippen LogP contribution in [0.25, 0.3) is 0 Å². The Labute approximate surface area is 270 Å². The van der Waals surface area contributed by atoms with Crippen LogP contribution in [-0.2, 0) is 30.7 Å². The summed E-state index contributed by atoms with van der Waals surface area (Å²) in [6.07, 6.45) is -3.38. The van der Waals surface area contributed by atoms with Crippen LogP contribution >= 0.6 is 0 Å². The number of benzene rings is 3. The van der Waals surface area contributed by atoms with E-state index in [1.165, 1.54) is 23.5 Å². The number of alkyl carbamates (subject to hydrolysis) is 1. The third-order valence-electron chi connectivity index (χ3n) is 8.03. The number of carbonyl (C=O) groups is 1. The van der Waals surface area contributed by atoms with Gasteiger partial charge in [-0.05, 0) is 54.3 Å². The molecule has 0 aromatic heterocycles. The van der Waals surface area contributed by atoms with Crippen LogP contribution in [0.5, 0.6) is 11.5 Å². The summed E-state index contributed by atoms with van der Waals surface area (Å²) >= 11 is 0. The largest absolute Gasteiger partial charge is 0.497 e.